The summed E-state index contributed by atoms with van der Waals surface area (Å²) in [6.45, 7) is 6.78. The Morgan fingerprint density at radius 1 is 1.29 bits per heavy atom. The lowest BCUT2D eigenvalue weighted by molar-refractivity contribution is 0.561. The Morgan fingerprint density at radius 2 is 1.90 bits per heavy atom. The van der Waals surface area contributed by atoms with Gasteiger partial charge in [0, 0.05) is 17.5 Å². The number of sulfonamides is 1. The van der Waals surface area contributed by atoms with E-state index >= 15 is 0 Å². The summed E-state index contributed by atoms with van der Waals surface area (Å²) in [4.78, 5) is 5.88. The predicted molar refractivity (Wildman–Crippen MR) is 84.7 cm³/mol. The molecule has 114 valence electrons. The van der Waals surface area contributed by atoms with E-state index in [0.717, 1.165) is 16.3 Å². The lowest BCUT2D eigenvalue weighted by Crippen LogP contribution is -2.19. The molecule has 0 amide bonds. The van der Waals surface area contributed by atoms with Crippen molar-refractivity contribution in [3.05, 3.63) is 45.4 Å². The summed E-state index contributed by atoms with van der Waals surface area (Å²) in [7, 11) is -3.63. The molecule has 3 N–H and O–H groups in total. The van der Waals surface area contributed by atoms with Gasteiger partial charge in [-0.25, -0.2) is 18.5 Å². The zero-order valence-electron chi connectivity index (χ0n) is 12.3. The van der Waals surface area contributed by atoms with Gasteiger partial charge in [-0.05, 0) is 38.5 Å². The maximum atomic E-state index is 11.2. The third-order valence-corrected chi connectivity index (χ3v) is 5.05. The molecule has 1 heterocycles. The van der Waals surface area contributed by atoms with Crippen LogP contribution in [0.25, 0.3) is 0 Å². The molecule has 21 heavy (non-hydrogen) atoms. The van der Waals surface area contributed by atoms with Gasteiger partial charge in [0.15, 0.2) is 0 Å². The van der Waals surface area contributed by atoms with E-state index in [1.165, 1.54) is 17.0 Å². The van der Waals surface area contributed by atoms with Crippen molar-refractivity contribution < 1.29 is 8.42 Å². The molecule has 2 aromatic rings. The van der Waals surface area contributed by atoms with E-state index in [4.69, 9.17) is 5.14 Å². The lowest BCUT2D eigenvalue weighted by atomic mass is 10.2. The number of hydrogen-bond acceptors (Lipinski definition) is 5. The number of hydrogen-bond donors (Lipinski definition) is 2. The lowest BCUT2D eigenvalue weighted by Gasteiger charge is -2.13. The molecular formula is C14H19N3O2S2. The van der Waals surface area contributed by atoms with Crippen LogP contribution in [0.4, 0.5) is 0 Å². The van der Waals surface area contributed by atoms with Crippen molar-refractivity contribution in [1.82, 2.24) is 10.3 Å². The summed E-state index contributed by atoms with van der Waals surface area (Å²) < 4.78 is 22.4. The highest BCUT2D eigenvalue weighted by Gasteiger charge is 2.13. The summed E-state index contributed by atoms with van der Waals surface area (Å²) in [6, 6.07) is 6.72. The van der Waals surface area contributed by atoms with Crippen LogP contribution in [-0.4, -0.2) is 13.4 Å². The maximum absolute atomic E-state index is 11.2. The third kappa shape index (κ3) is 4.10. The van der Waals surface area contributed by atoms with E-state index in [1.54, 1.807) is 23.5 Å². The largest absolute Gasteiger partial charge is 0.305 e. The molecule has 0 aliphatic heterocycles. The second kappa shape index (κ2) is 6.23. The molecule has 5 nitrogen and oxygen atoms in total. The minimum absolute atomic E-state index is 0.130. The van der Waals surface area contributed by atoms with Crippen LogP contribution in [0.3, 0.4) is 0 Å². The molecule has 2 rings (SSSR count). The maximum Gasteiger partial charge on any atom is 0.238 e. The summed E-state index contributed by atoms with van der Waals surface area (Å²) in [5.41, 5.74) is 2.07. The topological polar surface area (TPSA) is 85.1 Å². The number of aryl methyl sites for hydroxylation is 2. The third-order valence-electron chi connectivity index (χ3n) is 3.21. The van der Waals surface area contributed by atoms with Crippen molar-refractivity contribution in [3.63, 3.8) is 0 Å². The quantitative estimate of drug-likeness (QED) is 0.883. The zero-order valence-corrected chi connectivity index (χ0v) is 13.9. The smallest absolute Gasteiger partial charge is 0.238 e. The van der Waals surface area contributed by atoms with Gasteiger partial charge in [-0.1, -0.05) is 12.1 Å². The van der Waals surface area contributed by atoms with E-state index in [0.29, 0.717) is 6.54 Å². The standard InChI is InChI=1S/C14H19N3O2S2/c1-9(14-10(2)20-11(3)17-14)16-8-12-4-6-13(7-5-12)21(15,18)19/h4-7,9,16H,8H2,1-3H3,(H2,15,18,19). The van der Waals surface area contributed by atoms with Crippen molar-refractivity contribution in [1.29, 1.82) is 0 Å². The number of aromatic nitrogens is 1. The van der Waals surface area contributed by atoms with Gasteiger partial charge in [0.1, 0.15) is 0 Å². The first-order valence-electron chi connectivity index (χ1n) is 6.56. The van der Waals surface area contributed by atoms with Crippen molar-refractivity contribution in [2.45, 2.75) is 38.3 Å². The molecule has 0 aliphatic rings. The Bertz CT molecular complexity index is 721. The molecule has 0 fully saturated rings. The van der Waals surface area contributed by atoms with Crippen LogP contribution < -0.4 is 10.5 Å². The second-order valence-electron chi connectivity index (χ2n) is 4.97. The minimum atomic E-state index is -3.63. The zero-order chi connectivity index (χ0) is 15.6. The fraction of sp³-hybridized carbons (Fsp3) is 0.357. The number of primary sulfonamides is 1. The predicted octanol–water partition coefficient (Wildman–Crippen LogP) is 2.26. The molecule has 1 unspecified atom stereocenters. The molecule has 1 aromatic heterocycles. The van der Waals surface area contributed by atoms with E-state index < -0.39 is 10.0 Å². The summed E-state index contributed by atoms with van der Waals surface area (Å²) in [5.74, 6) is 0. The number of nitrogens with zero attached hydrogens (tertiary/aromatic N) is 1. The Morgan fingerprint density at radius 3 is 2.38 bits per heavy atom. The number of nitrogens with one attached hydrogen (secondary N) is 1. The molecule has 0 aliphatic carbocycles. The molecule has 0 saturated carbocycles. The Labute approximate surface area is 129 Å². The van der Waals surface area contributed by atoms with Gasteiger partial charge in [-0.3, -0.25) is 0 Å². The van der Waals surface area contributed by atoms with E-state index in [1.807, 2.05) is 6.92 Å². The van der Waals surface area contributed by atoms with E-state index in [9.17, 15) is 8.42 Å². The first kappa shape index (κ1) is 16.1. The van der Waals surface area contributed by atoms with Crippen LogP contribution in [0.15, 0.2) is 29.2 Å². The SMILES string of the molecule is Cc1nc(C(C)NCc2ccc(S(N)(=O)=O)cc2)c(C)s1. The molecule has 0 bridgehead atoms. The fourth-order valence-corrected chi connectivity index (χ4v) is 3.54. The average Bonchev–Trinajstić information content (AvgIpc) is 2.74. The molecule has 0 spiro atoms. The van der Waals surface area contributed by atoms with Crippen LogP contribution in [0.1, 0.15) is 34.1 Å². The number of nitrogens with two attached hydrogens (primary N) is 1. The van der Waals surface area contributed by atoms with E-state index in [-0.39, 0.29) is 10.9 Å². The van der Waals surface area contributed by atoms with Crippen molar-refractivity contribution in [2.75, 3.05) is 0 Å². The Kier molecular flexibility index (Phi) is 4.77. The molecule has 0 radical (unpaired) electrons. The highest BCUT2D eigenvalue weighted by molar-refractivity contribution is 7.89. The number of thiazole rings is 1. The van der Waals surface area contributed by atoms with Crippen molar-refractivity contribution in [3.8, 4) is 0 Å². The monoisotopic (exact) mass is 325 g/mol. The van der Waals surface area contributed by atoms with Gasteiger partial charge in [0.2, 0.25) is 10.0 Å². The fourth-order valence-electron chi connectivity index (χ4n) is 2.11. The highest BCUT2D eigenvalue weighted by atomic mass is 32.2. The van der Waals surface area contributed by atoms with Crippen LogP contribution >= 0.6 is 11.3 Å². The van der Waals surface area contributed by atoms with Gasteiger partial charge in [0.05, 0.1) is 15.6 Å². The summed E-state index contributed by atoms with van der Waals surface area (Å²) in [5, 5.41) is 9.53. The van der Waals surface area contributed by atoms with Crippen LogP contribution in [0.5, 0.6) is 0 Å². The average molecular weight is 325 g/mol. The van der Waals surface area contributed by atoms with Gasteiger partial charge >= 0.3 is 0 Å². The Hall–Kier alpha value is -1.28. The van der Waals surface area contributed by atoms with Crippen LogP contribution in [0, 0.1) is 13.8 Å². The van der Waals surface area contributed by atoms with Gasteiger partial charge < -0.3 is 5.32 Å². The molecule has 1 aromatic carbocycles. The first-order chi connectivity index (χ1) is 9.77. The van der Waals surface area contributed by atoms with Gasteiger partial charge in [0.25, 0.3) is 0 Å². The van der Waals surface area contributed by atoms with Crippen molar-refractivity contribution in [2.24, 2.45) is 5.14 Å². The summed E-state index contributed by atoms with van der Waals surface area (Å²) in [6.07, 6.45) is 0. The number of benzene rings is 1. The molecule has 7 heteroatoms. The van der Waals surface area contributed by atoms with Crippen molar-refractivity contribution >= 4 is 21.4 Å². The molecule has 0 saturated heterocycles. The molecule has 1 atom stereocenters. The summed E-state index contributed by atoms with van der Waals surface area (Å²) >= 11 is 1.69. The van der Waals surface area contributed by atoms with Gasteiger partial charge in [-0.2, -0.15) is 0 Å². The Balaban J connectivity index is 2.01. The first-order valence-corrected chi connectivity index (χ1v) is 8.92. The highest BCUT2D eigenvalue weighted by Crippen LogP contribution is 2.22. The second-order valence-corrected chi connectivity index (χ2v) is 7.93. The minimum Gasteiger partial charge on any atom is -0.305 e. The van der Waals surface area contributed by atoms with E-state index in [2.05, 4.69) is 24.1 Å². The van der Waals surface area contributed by atoms with Gasteiger partial charge in [-0.15, -0.1) is 11.3 Å². The normalized spacial score (nSPS) is 13.3. The molecular weight excluding hydrogens is 306 g/mol. The van der Waals surface area contributed by atoms with Crippen LogP contribution in [-0.2, 0) is 16.6 Å². The van der Waals surface area contributed by atoms with Crippen LogP contribution in [0.2, 0.25) is 0 Å². The number of rotatable bonds is 5.